The number of nitro benzene ring substituents is 1. The predicted molar refractivity (Wildman–Crippen MR) is 103 cm³/mol. The van der Waals surface area contributed by atoms with E-state index in [4.69, 9.17) is 0 Å². The zero-order valence-electron chi connectivity index (χ0n) is 14.2. The molecule has 0 spiro atoms. The van der Waals surface area contributed by atoms with E-state index in [1.807, 2.05) is 18.2 Å². The number of nitrogens with zero attached hydrogens (tertiary/aromatic N) is 2. The summed E-state index contributed by atoms with van der Waals surface area (Å²) in [4.78, 5) is 25.5. The van der Waals surface area contributed by atoms with Crippen molar-refractivity contribution in [3.8, 4) is 0 Å². The van der Waals surface area contributed by atoms with Gasteiger partial charge in [-0.2, -0.15) is 0 Å². The Morgan fingerprint density at radius 3 is 2.73 bits per heavy atom. The van der Waals surface area contributed by atoms with Gasteiger partial charge in [0.25, 0.3) is 11.6 Å². The molecule has 1 amide bonds. The van der Waals surface area contributed by atoms with E-state index in [2.05, 4.69) is 38.3 Å². The third kappa shape index (κ3) is 4.47. The van der Waals surface area contributed by atoms with Gasteiger partial charge < -0.3 is 5.32 Å². The van der Waals surface area contributed by atoms with Crippen molar-refractivity contribution in [2.45, 2.75) is 25.4 Å². The van der Waals surface area contributed by atoms with Crippen LogP contribution in [-0.4, -0.2) is 34.9 Å². The standard InChI is InChI=1S/C19H20BrN3O3/c20-18-16(9-4-10-17(18)23(25)26)19(24)21-15-8-5-11-22(13-15)12-14-6-2-1-3-7-14/h1-4,6-7,9-10,15H,5,8,11-13H2,(H,21,24). The lowest BCUT2D eigenvalue weighted by Gasteiger charge is -2.33. The Morgan fingerprint density at radius 1 is 1.23 bits per heavy atom. The summed E-state index contributed by atoms with van der Waals surface area (Å²) in [5.74, 6) is -0.285. The van der Waals surface area contributed by atoms with Crippen molar-refractivity contribution in [2.24, 2.45) is 0 Å². The first kappa shape index (κ1) is 18.5. The Hall–Kier alpha value is -2.25. The van der Waals surface area contributed by atoms with Crippen LogP contribution in [0.25, 0.3) is 0 Å². The maximum atomic E-state index is 12.6. The summed E-state index contributed by atoms with van der Waals surface area (Å²) in [6.07, 6.45) is 1.91. The molecular weight excluding hydrogens is 398 g/mol. The number of hydrogen-bond acceptors (Lipinski definition) is 4. The van der Waals surface area contributed by atoms with Crippen LogP contribution >= 0.6 is 15.9 Å². The van der Waals surface area contributed by atoms with E-state index in [1.54, 1.807) is 6.07 Å². The molecule has 1 fully saturated rings. The minimum Gasteiger partial charge on any atom is -0.348 e. The van der Waals surface area contributed by atoms with Crippen molar-refractivity contribution in [1.29, 1.82) is 0 Å². The lowest BCUT2D eigenvalue weighted by molar-refractivity contribution is -0.385. The molecule has 1 aliphatic heterocycles. The van der Waals surface area contributed by atoms with Gasteiger partial charge in [0, 0.05) is 25.2 Å². The van der Waals surface area contributed by atoms with E-state index in [-0.39, 0.29) is 22.1 Å². The average Bonchev–Trinajstić information content (AvgIpc) is 2.62. The summed E-state index contributed by atoms with van der Waals surface area (Å²) in [6.45, 7) is 2.63. The molecule has 0 bridgehead atoms. The zero-order chi connectivity index (χ0) is 18.5. The molecular formula is C19H20BrN3O3. The third-order valence-corrected chi connectivity index (χ3v) is 5.34. The van der Waals surface area contributed by atoms with Crippen LogP contribution in [0, 0.1) is 10.1 Å². The first-order valence-electron chi connectivity index (χ1n) is 8.54. The summed E-state index contributed by atoms with van der Waals surface area (Å²) in [7, 11) is 0. The number of benzene rings is 2. The lowest BCUT2D eigenvalue weighted by Crippen LogP contribution is -2.47. The molecule has 7 heteroatoms. The van der Waals surface area contributed by atoms with Gasteiger partial charge in [0.1, 0.15) is 4.47 Å². The minimum absolute atomic E-state index is 0.0334. The number of amides is 1. The molecule has 2 aromatic carbocycles. The maximum absolute atomic E-state index is 12.6. The Labute approximate surface area is 160 Å². The van der Waals surface area contributed by atoms with Gasteiger partial charge in [-0.05, 0) is 46.9 Å². The number of carbonyl (C=O) groups excluding carboxylic acids is 1. The van der Waals surface area contributed by atoms with E-state index in [0.717, 1.165) is 32.5 Å². The molecule has 6 nitrogen and oxygen atoms in total. The molecule has 0 aliphatic carbocycles. The molecule has 0 aromatic heterocycles. The maximum Gasteiger partial charge on any atom is 0.284 e. The molecule has 1 aliphatic rings. The Bertz CT molecular complexity index is 798. The minimum atomic E-state index is -0.497. The number of nitro groups is 1. The van der Waals surface area contributed by atoms with Crippen LogP contribution < -0.4 is 5.32 Å². The van der Waals surface area contributed by atoms with Gasteiger partial charge in [0.05, 0.1) is 10.5 Å². The Morgan fingerprint density at radius 2 is 2.00 bits per heavy atom. The number of likely N-dealkylation sites (tertiary alicyclic amines) is 1. The quantitative estimate of drug-likeness (QED) is 0.593. The summed E-state index contributed by atoms with van der Waals surface area (Å²) >= 11 is 3.19. The monoisotopic (exact) mass is 417 g/mol. The van der Waals surface area contributed by atoms with Crippen molar-refractivity contribution in [1.82, 2.24) is 10.2 Å². The first-order chi connectivity index (χ1) is 12.5. The van der Waals surface area contributed by atoms with Crippen molar-refractivity contribution in [3.63, 3.8) is 0 Å². The van der Waals surface area contributed by atoms with Crippen LogP contribution in [0.4, 0.5) is 5.69 Å². The molecule has 2 aromatic rings. The molecule has 26 heavy (non-hydrogen) atoms. The van der Waals surface area contributed by atoms with Crippen molar-refractivity contribution >= 4 is 27.5 Å². The van der Waals surface area contributed by atoms with E-state index < -0.39 is 4.92 Å². The van der Waals surface area contributed by atoms with Crippen LogP contribution in [0.5, 0.6) is 0 Å². The molecule has 0 radical (unpaired) electrons. The van der Waals surface area contributed by atoms with Crippen LogP contribution in [-0.2, 0) is 6.54 Å². The number of nitrogens with one attached hydrogen (secondary N) is 1. The number of hydrogen-bond donors (Lipinski definition) is 1. The zero-order valence-corrected chi connectivity index (χ0v) is 15.8. The van der Waals surface area contributed by atoms with Gasteiger partial charge in [-0.3, -0.25) is 19.8 Å². The molecule has 1 atom stereocenters. The highest BCUT2D eigenvalue weighted by Gasteiger charge is 2.24. The molecule has 3 rings (SSSR count). The first-order valence-corrected chi connectivity index (χ1v) is 9.34. The average molecular weight is 418 g/mol. The Kier molecular flexibility index (Phi) is 6.00. The molecule has 1 heterocycles. The molecule has 1 N–H and O–H groups in total. The highest BCUT2D eigenvalue weighted by Crippen LogP contribution is 2.28. The van der Waals surface area contributed by atoms with Crippen LogP contribution in [0.3, 0.4) is 0 Å². The predicted octanol–water partition coefficient (Wildman–Crippen LogP) is 3.75. The van der Waals surface area contributed by atoms with Crippen LogP contribution in [0.2, 0.25) is 0 Å². The topological polar surface area (TPSA) is 75.5 Å². The number of halogens is 1. The summed E-state index contributed by atoms with van der Waals surface area (Å²) in [5.41, 5.74) is 1.44. The van der Waals surface area contributed by atoms with E-state index >= 15 is 0 Å². The fourth-order valence-corrected chi connectivity index (χ4v) is 3.85. The third-order valence-electron chi connectivity index (χ3n) is 4.51. The number of piperidine rings is 1. The number of rotatable bonds is 5. The summed E-state index contributed by atoms with van der Waals surface area (Å²) in [5, 5.41) is 14.1. The second-order valence-electron chi connectivity index (χ2n) is 6.43. The summed E-state index contributed by atoms with van der Waals surface area (Å²) in [6, 6.07) is 14.8. The van der Waals surface area contributed by atoms with Gasteiger partial charge in [-0.15, -0.1) is 0 Å². The largest absolute Gasteiger partial charge is 0.348 e. The van der Waals surface area contributed by atoms with Gasteiger partial charge in [-0.1, -0.05) is 36.4 Å². The second-order valence-corrected chi connectivity index (χ2v) is 7.22. The SMILES string of the molecule is O=C(NC1CCCN(Cc2ccccc2)C1)c1cccc([N+](=O)[O-])c1Br. The van der Waals surface area contributed by atoms with Gasteiger partial charge in [-0.25, -0.2) is 0 Å². The molecule has 136 valence electrons. The van der Waals surface area contributed by atoms with Gasteiger partial charge >= 0.3 is 0 Å². The molecule has 1 unspecified atom stereocenters. The van der Waals surface area contributed by atoms with E-state index in [0.29, 0.717) is 5.56 Å². The van der Waals surface area contributed by atoms with Gasteiger partial charge in [0.2, 0.25) is 0 Å². The molecule has 1 saturated heterocycles. The van der Waals surface area contributed by atoms with Gasteiger partial charge in [0.15, 0.2) is 0 Å². The van der Waals surface area contributed by atoms with E-state index in [9.17, 15) is 14.9 Å². The molecule has 0 saturated carbocycles. The lowest BCUT2D eigenvalue weighted by atomic mass is 10.0. The smallest absolute Gasteiger partial charge is 0.284 e. The van der Waals surface area contributed by atoms with Crippen LogP contribution in [0.15, 0.2) is 53.0 Å². The van der Waals surface area contributed by atoms with Crippen molar-refractivity contribution < 1.29 is 9.72 Å². The van der Waals surface area contributed by atoms with Crippen molar-refractivity contribution in [2.75, 3.05) is 13.1 Å². The van der Waals surface area contributed by atoms with E-state index in [1.165, 1.54) is 17.7 Å². The number of carbonyl (C=O) groups is 1. The van der Waals surface area contributed by atoms with Crippen LogP contribution in [0.1, 0.15) is 28.8 Å². The van der Waals surface area contributed by atoms with Crippen molar-refractivity contribution in [3.05, 3.63) is 74.2 Å². The fourth-order valence-electron chi connectivity index (χ4n) is 3.26. The highest BCUT2D eigenvalue weighted by molar-refractivity contribution is 9.10. The normalized spacial score (nSPS) is 17.7. The Balaban J connectivity index is 1.64. The fraction of sp³-hybridized carbons (Fsp3) is 0.316. The second kappa shape index (κ2) is 8.42. The highest BCUT2D eigenvalue weighted by atomic mass is 79.9. The summed E-state index contributed by atoms with van der Waals surface area (Å²) < 4.78 is 0.222.